The van der Waals surface area contributed by atoms with E-state index in [4.69, 9.17) is 9.47 Å². The number of rotatable bonds is 4. The van der Waals surface area contributed by atoms with Gasteiger partial charge in [0.2, 0.25) is 0 Å². The van der Waals surface area contributed by atoms with Crippen molar-refractivity contribution in [2.45, 2.75) is 13.5 Å². The van der Waals surface area contributed by atoms with Gasteiger partial charge in [-0.15, -0.1) is 11.3 Å². The number of thiazole rings is 1. The predicted molar refractivity (Wildman–Crippen MR) is 71.3 cm³/mol. The molecule has 1 N–H and O–H groups in total. The molecule has 0 amide bonds. The molecule has 0 atom stereocenters. The third-order valence-corrected chi connectivity index (χ3v) is 3.57. The topological polar surface area (TPSA) is 51.6 Å². The summed E-state index contributed by atoms with van der Waals surface area (Å²) in [5.41, 5.74) is 1.52. The predicted octanol–water partition coefficient (Wildman–Crippen LogP) is 2.63. The van der Waals surface area contributed by atoms with Gasteiger partial charge in [-0.3, -0.25) is 0 Å². The molecule has 1 aromatic carbocycles. The summed E-state index contributed by atoms with van der Waals surface area (Å²) in [6.07, 6.45) is 0. The largest absolute Gasteiger partial charge is 0.496 e. The molecule has 1 heterocycles. The van der Waals surface area contributed by atoms with Crippen molar-refractivity contribution in [3.05, 3.63) is 28.1 Å². The molecule has 0 unspecified atom stereocenters. The number of hydrogen-bond donors (Lipinski definition) is 1. The minimum Gasteiger partial charge on any atom is -0.496 e. The van der Waals surface area contributed by atoms with Gasteiger partial charge < -0.3 is 14.6 Å². The summed E-state index contributed by atoms with van der Waals surface area (Å²) < 4.78 is 10.7. The highest BCUT2D eigenvalue weighted by atomic mass is 32.1. The number of hydrogen-bond acceptors (Lipinski definition) is 5. The van der Waals surface area contributed by atoms with Gasteiger partial charge in [0.15, 0.2) is 0 Å². The second kappa shape index (κ2) is 5.37. The minimum atomic E-state index is -0.0396. The number of benzene rings is 1. The Balaban J connectivity index is 2.68. The van der Waals surface area contributed by atoms with Crippen LogP contribution in [-0.2, 0) is 6.61 Å². The van der Waals surface area contributed by atoms with Crippen LogP contribution in [0.3, 0.4) is 0 Å². The molecule has 2 aromatic rings. The highest BCUT2D eigenvalue weighted by molar-refractivity contribution is 7.12. The van der Waals surface area contributed by atoms with Crippen LogP contribution < -0.4 is 9.47 Å². The van der Waals surface area contributed by atoms with Crippen LogP contribution in [0.4, 0.5) is 0 Å². The van der Waals surface area contributed by atoms with Crippen LogP contribution in [0.1, 0.15) is 9.88 Å². The van der Waals surface area contributed by atoms with Crippen LogP contribution in [0.2, 0.25) is 0 Å². The third-order valence-electron chi connectivity index (χ3n) is 2.61. The molecular formula is C13H15NO3S. The average molecular weight is 265 g/mol. The van der Waals surface area contributed by atoms with Gasteiger partial charge in [-0.25, -0.2) is 4.98 Å². The molecule has 0 bridgehead atoms. The van der Waals surface area contributed by atoms with E-state index < -0.39 is 0 Å². The number of nitrogens with zero attached hydrogens (tertiary/aromatic N) is 1. The summed E-state index contributed by atoms with van der Waals surface area (Å²) in [7, 11) is 3.21. The molecule has 0 aliphatic heterocycles. The maximum Gasteiger partial charge on any atom is 0.132 e. The molecule has 0 fully saturated rings. The van der Waals surface area contributed by atoms with E-state index in [1.165, 1.54) is 11.3 Å². The fraction of sp³-hybridized carbons (Fsp3) is 0.308. The molecule has 5 heteroatoms. The zero-order valence-corrected chi connectivity index (χ0v) is 11.4. The quantitative estimate of drug-likeness (QED) is 0.923. The Labute approximate surface area is 110 Å². The van der Waals surface area contributed by atoms with E-state index in [9.17, 15) is 5.11 Å². The van der Waals surface area contributed by atoms with Gasteiger partial charge in [-0.05, 0) is 19.1 Å². The van der Waals surface area contributed by atoms with Crippen molar-refractivity contribution in [2.24, 2.45) is 0 Å². The van der Waals surface area contributed by atoms with Crippen molar-refractivity contribution < 1.29 is 14.6 Å². The van der Waals surface area contributed by atoms with Gasteiger partial charge in [-0.1, -0.05) is 6.07 Å². The molecule has 4 nitrogen and oxygen atoms in total. The van der Waals surface area contributed by atoms with E-state index in [0.717, 1.165) is 21.1 Å². The lowest BCUT2D eigenvalue weighted by Gasteiger charge is -2.12. The van der Waals surface area contributed by atoms with E-state index in [1.54, 1.807) is 14.2 Å². The standard InChI is InChI=1S/C13H15NO3S/c1-8-14-13(11(7-15)18-8)12-9(16-2)5-4-6-10(12)17-3/h4-6,15H,7H2,1-3H3. The van der Waals surface area contributed by atoms with Crippen molar-refractivity contribution in [1.82, 2.24) is 4.98 Å². The molecule has 18 heavy (non-hydrogen) atoms. The SMILES string of the molecule is COc1cccc(OC)c1-c1nc(C)sc1CO. The first-order valence-electron chi connectivity index (χ1n) is 5.49. The highest BCUT2D eigenvalue weighted by Crippen LogP contribution is 2.40. The lowest BCUT2D eigenvalue weighted by Crippen LogP contribution is -1.95. The maximum absolute atomic E-state index is 9.41. The van der Waals surface area contributed by atoms with Gasteiger partial charge in [0.25, 0.3) is 0 Å². The lowest BCUT2D eigenvalue weighted by atomic mass is 10.1. The van der Waals surface area contributed by atoms with Gasteiger partial charge in [0.05, 0.1) is 42.0 Å². The number of aliphatic hydroxyl groups excluding tert-OH is 1. The summed E-state index contributed by atoms with van der Waals surface area (Å²) in [5.74, 6) is 1.38. The lowest BCUT2D eigenvalue weighted by molar-refractivity contribution is 0.285. The normalized spacial score (nSPS) is 10.4. The number of ether oxygens (including phenoxy) is 2. The van der Waals surface area contributed by atoms with Crippen LogP contribution in [0.15, 0.2) is 18.2 Å². The number of methoxy groups -OCH3 is 2. The molecule has 1 aromatic heterocycles. The van der Waals surface area contributed by atoms with Crippen LogP contribution >= 0.6 is 11.3 Å². The Bertz CT molecular complexity index is 529. The Morgan fingerprint density at radius 2 is 1.83 bits per heavy atom. The van der Waals surface area contributed by atoms with Crippen molar-refractivity contribution in [1.29, 1.82) is 0 Å². The summed E-state index contributed by atoms with van der Waals surface area (Å²) in [5, 5.41) is 10.3. The summed E-state index contributed by atoms with van der Waals surface area (Å²) >= 11 is 1.48. The summed E-state index contributed by atoms with van der Waals surface area (Å²) in [4.78, 5) is 5.28. The Hall–Kier alpha value is -1.59. The Kier molecular flexibility index (Phi) is 3.84. The molecule has 0 aliphatic carbocycles. The van der Waals surface area contributed by atoms with Gasteiger partial charge in [-0.2, -0.15) is 0 Å². The molecule has 2 rings (SSSR count). The molecule has 0 saturated carbocycles. The van der Waals surface area contributed by atoms with Gasteiger partial charge >= 0.3 is 0 Å². The number of aliphatic hydroxyl groups is 1. The van der Waals surface area contributed by atoms with Crippen molar-refractivity contribution in [3.8, 4) is 22.8 Å². The smallest absolute Gasteiger partial charge is 0.132 e. The van der Waals surface area contributed by atoms with Crippen LogP contribution in [0, 0.1) is 6.92 Å². The zero-order valence-electron chi connectivity index (χ0n) is 10.6. The van der Waals surface area contributed by atoms with Crippen LogP contribution in [-0.4, -0.2) is 24.3 Å². The van der Waals surface area contributed by atoms with Crippen LogP contribution in [0.25, 0.3) is 11.3 Å². The Morgan fingerprint density at radius 3 is 2.33 bits per heavy atom. The van der Waals surface area contributed by atoms with Gasteiger partial charge in [0.1, 0.15) is 11.5 Å². The van der Waals surface area contributed by atoms with Crippen LogP contribution in [0.5, 0.6) is 11.5 Å². The number of aromatic nitrogens is 1. The molecule has 96 valence electrons. The van der Waals surface area contributed by atoms with E-state index in [0.29, 0.717) is 11.5 Å². The summed E-state index contributed by atoms with van der Waals surface area (Å²) in [6.45, 7) is 1.87. The van der Waals surface area contributed by atoms with Crippen molar-refractivity contribution in [2.75, 3.05) is 14.2 Å². The number of aryl methyl sites for hydroxylation is 1. The minimum absolute atomic E-state index is 0.0396. The molecule has 0 saturated heterocycles. The first-order valence-corrected chi connectivity index (χ1v) is 6.31. The fourth-order valence-corrected chi connectivity index (χ4v) is 2.66. The highest BCUT2D eigenvalue weighted by Gasteiger charge is 2.19. The average Bonchev–Trinajstić information content (AvgIpc) is 2.78. The van der Waals surface area contributed by atoms with E-state index in [1.807, 2.05) is 25.1 Å². The van der Waals surface area contributed by atoms with Crippen molar-refractivity contribution in [3.63, 3.8) is 0 Å². The third kappa shape index (κ3) is 2.19. The van der Waals surface area contributed by atoms with Gasteiger partial charge in [0, 0.05) is 0 Å². The van der Waals surface area contributed by atoms with E-state index in [2.05, 4.69) is 4.98 Å². The van der Waals surface area contributed by atoms with E-state index >= 15 is 0 Å². The molecule has 0 aliphatic rings. The zero-order chi connectivity index (χ0) is 13.1. The second-order valence-electron chi connectivity index (χ2n) is 3.70. The first-order chi connectivity index (χ1) is 8.71. The second-order valence-corrected chi connectivity index (χ2v) is 4.99. The molecule has 0 spiro atoms. The molecular weight excluding hydrogens is 250 g/mol. The molecule has 0 radical (unpaired) electrons. The first kappa shape index (κ1) is 12.9. The Morgan fingerprint density at radius 1 is 1.22 bits per heavy atom. The monoisotopic (exact) mass is 265 g/mol. The van der Waals surface area contributed by atoms with Crippen molar-refractivity contribution >= 4 is 11.3 Å². The maximum atomic E-state index is 9.41. The summed E-state index contributed by atoms with van der Waals surface area (Å²) in [6, 6.07) is 5.57. The van der Waals surface area contributed by atoms with E-state index in [-0.39, 0.29) is 6.61 Å². The fourth-order valence-electron chi connectivity index (χ4n) is 1.86.